The molecule has 0 spiro atoms. The lowest BCUT2D eigenvalue weighted by Crippen LogP contribution is -2.60. The molecule has 148 valence electrons. The summed E-state index contributed by atoms with van der Waals surface area (Å²) in [5.74, 6) is 0. The van der Waals surface area contributed by atoms with Crippen molar-refractivity contribution in [2.75, 3.05) is 44.3 Å². The van der Waals surface area contributed by atoms with Crippen molar-refractivity contribution in [1.29, 1.82) is 0 Å². The number of aromatic nitrogens is 4. The predicted molar refractivity (Wildman–Crippen MR) is 110 cm³/mol. The topological polar surface area (TPSA) is 51.4 Å². The second kappa shape index (κ2) is 6.76. The van der Waals surface area contributed by atoms with Crippen LogP contribution in [0, 0.1) is 0 Å². The zero-order chi connectivity index (χ0) is 19.3. The van der Waals surface area contributed by atoms with E-state index in [1.807, 2.05) is 36.4 Å². The summed E-state index contributed by atoms with van der Waals surface area (Å²) in [7, 11) is 1.91. The lowest BCUT2D eigenvalue weighted by molar-refractivity contribution is -0.128. The molecule has 0 saturated carbocycles. The highest BCUT2D eigenvalue weighted by atomic mass is 35.5. The van der Waals surface area contributed by atoms with E-state index < -0.39 is 0 Å². The Labute approximate surface area is 169 Å². The quantitative estimate of drug-likeness (QED) is 0.676. The van der Waals surface area contributed by atoms with Gasteiger partial charge in [-0.2, -0.15) is 10.2 Å². The number of ether oxygens (including phenoxy) is 1. The van der Waals surface area contributed by atoms with Gasteiger partial charge in [0.1, 0.15) is 5.69 Å². The standard InChI is InChI=1S/C20H25ClN6O/c1-20(13-28-14-20)26-5-3-4-25(6-7-26)19-9-18-15(8-17(19)21)10-23-27(18)16-11-22-24(2)12-16/h8-12H,3-7,13-14H2,1-2H3. The Bertz CT molecular complexity index is 1010. The summed E-state index contributed by atoms with van der Waals surface area (Å²) < 4.78 is 9.18. The van der Waals surface area contributed by atoms with E-state index in [0.29, 0.717) is 0 Å². The molecule has 0 N–H and O–H groups in total. The number of hydrogen-bond donors (Lipinski definition) is 0. The van der Waals surface area contributed by atoms with E-state index in [0.717, 1.165) is 73.1 Å². The summed E-state index contributed by atoms with van der Waals surface area (Å²) >= 11 is 6.69. The zero-order valence-electron chi connectivity index (χ0n) is 16.3. The number of benzene rings is 1. The minimum absolute atomic E-state index is 0.197. The Balaban J connectivity index is 1.46. The van der Waals surface area contributed by atoms with Gasteiger partial charge in [-0.1, -0.05) is 11.6 Å². The van der Waals surface area contributed by atoms with Gasteiger partial charge in [-0.05, 0) is 25.5 Å². The molecular weight excluding hydrogens is 376 g/mol. The SMILES string of the molecule is Cn1cc(-n2ncc3cc(Cl)c(N4CCCN(C5(C)COC5)CC4)cc32)cn1. The first-order valence-electron chi connectivity index (χ1n) is 9.78. The van der Waals surface area contributed by atoms with Gasteiger partial charge in [0.2, 0.25) is 0 Å². The fraction of sp³-hybridized carbons (Fsp3) is 0.500. The van der Waals surface area contributed by atoms with E-state index in [1.165, 1.54) is 0 Å². The minimum Gasteiger partial charge on any atom is -0.377 e. The highest BCUT2D eigenvalue weighted by molar-refractivity contribution is 6.34. The van der Waals surface area contributed by atoms with Crippen LogP contribution in [0.3, 0.4) is 0 Å². The molecule has 2 aliphatic heterocycles. The van der Waals surface area contributed by atoms with Crippen LogP contribution >= 0.6 is 11.6 Å². The molecule has 0 aliphatic carbocycles. The van der Waals surface area contributed by atoms with Crippen molar-refractivity contribution in [2.45, 2.75) is 18.9 Å². The summed E-state index contributed by atoms with van der Waals surface area (Å²) in [5.41, 5.74) is 3.28. The van der Waals surface area contributed by atoms with Crippen LogP contribution in [0.2, 0.25) is 5.02 Å². The average Bonchev–Trinajstić information content (AvgIpc) is 3.17. The van der Waals surface area contributed by atoms with E-state index in [-0.39, 0.29) is 5.54 Å². The molecule has 0 atom stereocenters. The first kappa shape index (κ1) is 18.0. The van der Waals surface area contributed by atoms with Crippen LogP contribution in [0.4, 0.5) is 5.69 Å². The van der Waals surface area contributed by atoms with Crippen molar-refractivity contribution >= 4 is 28.2 Å². The summed E-state index contributed by atoms with van der Waals surface area (Å²) in [4.78, 5) is 4.98. The fourth-order valence-corrected chi connectivity index (χ4v) is 4.57. The van der Waals surface area contributed by atoms with Gasteiger partial charge in [0, 0.05) is 38.6 Å². The molecule has 3 aromatic rings. The van der Waals surface area contributed by atoms with Crippen molar-refractivity contribution in [1.82, 2.24) is 24.5 Å². The smallest absolute Gasteiger partial charge is 0.103 e. The summed E-state index contributed by atoms with van der Waals surface area (Å²) in [5, 5.41) is 10.6. The number of anilines is 1. The molecule has 4 heterocycles. The molecule has 5 rings (SSSR count). The third-order valence-corrected chi connectivity index (χ3v) is 6.30. The average molecular weight is 401 g/mol. The highest BCUT2D eigenvalue weighted by Gasteiger charge is 2.39. The molecule has 2 saturated heterocycles. The number of hydrogen-bond acceptors (Lipinski definition) is 5. The molecule has 0 bridgehead atoms. The lowest BCUT2D eigenvalue weighted by Gasteiger charge is -2.47. The summed E-state index contributed by atoms with van der Waals surface area (Å²) in [6.45, 7) is 8.06. The van der Waals surface area contributed by atoms with Crippen molar-refractivity contribution in [3.63, 3.8) is 0 Å². The Morgan fingerprint density at radius 1 is 1.07 bits per heavy atom. The van der Waals surface area contributed by atoms with Crippen LogP contribution in [0.25, 0.3) is 16.6 Å². The molecule has 28 heavy (non-hydrogen) atoms. The number of nitrogens with zero attached hydrogens (tertiary/aromatic N) is 6. The first-order valence-corrected chi connectivity index (χ1v) is 10.2. The molecule has 2 aromatic heterocycles. The Kier molecular flexibility index (Phi) is 4.34. The van der Waals surface area contributed by atoms with Crippen molar-refractivity contribution in [3.05, 3.63) is 35.7 Å². The second-order valence-electron chi connectivity index (χ2n) is 8.11. The molecule has 2 fully saturated rings. The number of halogens is 1. The summed E-state index contributed by atoms with van der Waals surface area (Å²) in [6, 6.07) is 4.19. The Morgan fingerprint density at radius 3 is 2.64 bits per heavy atom. The van der Waals surface area contributed by atoms with Gasteiger partial charge in [0.25, 0.3) is 0 Å². The normalized spacial score (nSPS) is 20.3. The van der Waals surface area contributed by atoms with Gasteiger partial charge in [0.05, 0.1) is 53.6 Å². The molecule has 0 unspecified atom stereocenters. The van der Waals surface area contributed by atoms with E-state index in [4.69, 9.17) is 16.3 Å². The minimum atomic E-state index is 0.197. The van der Waals surface area contributed by atoms with Gasteiger partial charge in [-0.25, -0.2) is 4.68 Å². The monoisotopic (exact) mass is 400 g/mol. The van der Waals surface area contributed by atoms with Gasteiger partial charge in [0.15, 0.2) is 0 Å². The van der Waals surface area contributed by atoms with Gasteiger partial charge in [-0.15, -0.1) is 0 Å². The maximum absolute atomic E-state index is 6.69. The first-order chi connectivity index (χ1) is 13.5. The Hall–Kier alpha value is -2.09. The summed E-state index contributed by atoms with van der Waals surface area (Å²) in [6.07, 6.45) is 6.77. The van der Waals surface area contributed by atoms with E-state index in [9.17, 15) is 0 Å². The highest BCUT2D eigenvalue weighted by Crippen LogP contribution is 2.33. The lowest BCUT2D eigenvalue weighted by atomic mass is 9.97. The molecular formula is C20H25ClN6O. The largest absolute Gasteiger partial charge is 0.377 e. The van der Waals surface area contributed by atoms with Crippen molar-refractivity contribution in [3.8, 4) is 5.69 Å². The van der Waals surface area contributed by atoms with Gasteiger partial charge < -0.3 is 9.64 Å². The van der Waals surface area contributed by atoms with Gasteiger partial charge >= 0.3 is 0 Å². The third-order valence-electron chi connectivity index (χ3n) is 6.00. The number of fused-ring (bicyclic) bond motifs is 1. The second-order valence-corrected chi connectivity index (χ2v) is 8.52. The molecule has 2 aliphatic rings. The van der Waals surface area contributed by atoms with Crippen LogP contribution in [-0.4, -0.2) is 69.4 Å². The van der Waals surface area contributed by atoms with E-state index in [1.54, 1.807) is 4.68 Å². The zero-order valence-corrected chi connectivity index (χ0v) is 17.1. The number of aryl methyl sites for hydroxylation is 1. The van der Waals surface area contributed by atoms with Crippen molar-refractivity contribution < 1.29 is 4.74 Å². The molecule has 0 radical (unpaired) electrons. The van der Waals surface area contributed by atoms with Gasteiger partial charge in [-0.3, -0.25) is 9.58 Å². The molecule has 8 heteroatoms. The molecule has 7 nitrogen and oxygen atoms in total. The predicted octanol–water partition coefficient (Wildman–Crippen LogP) is 2.71. The fourth-order valence-electron chi connectivity index (χ4n) is 4.28. The molecule has 0 amide bonds. The number of rotatable bonds is 3. The van der Waals surface area contributed by atoms with Crippen LogP contribution < -0.4 is 4.90 Å². The maximum atomic E-state index is 6.69. The van der Waals surface area contributed by atoms with E-state index >= 15 is 0 Å². The van der Waals surface area contributed by atoms with Crippen LogP contribution in [0.5, 0.6) is 0 Å². The van der Waals surface area contributed by atoms with E-state index in [2.05, 4.69) is 33.0 Å². The third kappa shape index (κ3) is 2.98. The van der Waals surface area contributed by atoms with Crippen LogP contribution in [0.15, 0.2) is 30.7 Å². The Morgan fingerprint density at radius 2 is 1.93 bits per heavy atom. The van der Waals surface area contributed by atoms with Crippen molar-refractivity contribution in [2.24, 2.45) is 7.05 Å². The molecule has 1 aromatic carbocycles. The van der Waals surface area contributed by atoms with Crippen LogP contribution in [-0.2, 0) is 11.8 Å². The maximum Gasteiger partial charge on any atom is 0.103 e. The van der Waals surface area contributed by atoms with Crippen LogP contribution in [0.1, 0.15) is 13.3 Å².